The summed E-state index contributed by atoms with van der Waals surface area (Å²) >= 11 is 0. The summed E-state index contributed by atoms with van der Waals surface area (Å²) in [6.07, 6.45) is 5.68. The Morgan fingerprint density at radius 2 is 1.94 bits per heavy atom. The van der Waals surface area contributed by atoms with E-state index in [1.54, 1.807) is 4.90 Å². The first-order valence-corrected chi connectivity index (χ1v) is 6.68. The minimum absolute atomic E-state index is 0.116. The number of hydrogen-bond donors (Lipinski definition) is 3. The number of urea groups is 1. The van der Waals surface area contributed by atoms with Crippen molar-refractivity contribution >= 4 is 12.0 Å². The van der Waals surface area contributed by atoms with Gasteiger partial charge in [-0.2, -0.15) is 0 Å². The Kier molecular flexibility index (Phi) is 4.41. The van der Waals surface area contributed by atoms with Crippen molar-refractivity contribution in [2.75, 3.05) is 19.6 Å². The largest absolute Gasteiger partial charge is 0.480 e. The number of nitrogens with zero attached hydrogens (tertiary/aromatic N) is 1. The maximum atomic E-state index is 12.0. The summed E-state index contributed by atoms with van der Waals surface area (Å²) in [7, 11) is 0. The number of carboxylic acids is 1. The molecule has 18 heavy (non-hydrogen) atoms. The van der Waals surface area contributed by atoms with Crippen molar-refractivity contribution in [3.63, 3.8) is 0 Å². The van der Waals surface area contributed by atoms with E-state index < -0.39 is 12.0 Å². The number of carbonyl (C=O) groups excluding carboxylic acids is 1. The van der Waals surface area contributed by atoms with Crippen LogP contribution in [-0.2, 0) is 4.79 Å². The van der Waals surface area contributed by atoms with E-state index in [9.17, 15) is 9.59 Å². The lowest BCUT2D eigenvalue weighted by atomic mass is 9.96. The number of nitrogens with one attached hydrogen (secondary N) is 2. The van der Waals surface area contributed by atoms with Gasteiger partial charge >= 0.3 is 12.0 Å². The SMILES string of the molecule is O=C(O)C1CN(C(=O)NC2CCCCC2)CCN1. The van der Waals surface area contributed by atoms with Gasteiger partial charge < -0.3 is 20.6 Å². The van der Waals surface area contributed by atoms with Crippen LogP contribution in [0.5, 0.6) is 0 Å². The van der Waals surface area contributed by atoms with Crippen LogP contribution in [0.15, 0.2) is 0 Å². The van der Waals surface area contributed by atoms with Gasteiger partial charge in [-0.25, -0.2) is 4.79 Å². The number of hydrogen-bond acceptors (Lipinski definition) is 3. The molecular weight excluding hydrogens is 234 g/mol. The Balaban J connectivity index is 1.82. The van der Waals surface area contributed by atoms with E-state index in [2.05, 4.69) is 10.6 Å². The van der Waals surface area contributed by atoms with Gasteiger partial charge in [-0.05, 0) is 12.8 Å². The standard InChI is InChI=1S/C12H21N3O3/c16-11(17)10-8-15(7-6-13-10)12(18)14-9-4-2-1-3-5-9/h9-10,13H,1-8H2,(H,14,18)(H,16,17). The highest BCUT2D eigenvalue weighted by atomic mass is 16.4. The summed E-state index contributed by atoms with van der Waals surface area (Å²) < 4.78 is 0. The number of aliphatic carboxylic acids is 1. The molecule has 0 radical (unpaired) electrons. The molecule has 2 fully saturated rings. The Morgan fingerprint density at radius 3 is 2.61 bits per heavy atom. The lowest BCUT2D eigenvalue weighted by Gasteiger charge is -2.33. The van der Waals surface area contributed by atoms with Crippen molar-refractivity contribution in [2.24, 2.45) is 0 Å². The summed E-state index contributed by atoms with van der Waals surface area (Å²) in [5, 5.41) is 14.8. The lowest BCUT2D eigenvalue weighted by Crippen LogP contribution is -2.58. The molecule has 2 rings (SSSR count). The molecule has 0 aromatic rings. The first-order valence-electron chi connectivity index (χ1n) is 6.68. The number of amides is 2. The topological polar surface area (TPSA) is 81.7 Å². The number of piperazine rings is 1. The molecule has 1 aliphatic carbocycles. The molecule has 0 bridgehead atoms. The van der Waals surface area contributed by atoms with E-state index in [1.165, 1.54) is 19.3 Å². The Bertz CT molecular complexity index is 316. The molecule has 3 N–H and O–H groups in total. The van der Waals surface area contributed by atoms with E-state index >= 15 is 0 Å². The quantitative estimate of drug-likeness (QED) is 0.666. The van der Waals surface area contributed by atoms with E-state index in [1.807, 2.05) is 0 Å². The summed E-state index contributed by atoms with van der Waals surface area (Å²) in [5.41, 5.74) is 0. The van der Waals surface area contributed by atoms with Gasteiger partial charge in [-0.3, -0.25) is 4.79 Å². The van der Waals surface area contributed by atoms with Crippen LogP contribution < -0.4 is 10.6 Å². The van der Waals surface area contributed by atoms with E-state index in [0.717, 1.165) is 12.8 Å². The Morgan fingerprint density at radius 1 is 1.22 bits per heavy atom. The first-order chi connectivity index (χ1) is 8.66. The second-order valence-corrected chi connectivity index (χ2v) is 5.08. The first kappa shape index (κ1) is 13.1. The molecule has 1 unspecified atom stereocenters. The second kappa shape index (κ2) is 6.04. The highest BCUT2D eigenvalue weighted by Gasteiger charge is 2.28. The minimum Gasteiger partial charge on any atom is -0.480 e. The molecule has 1 saturated carbocycles. The van der Waals surface area contributed by atoms with Gasteiger partial charge in [0.15, 0.2) is 0 Å². The fraction of sp³-hybridized carbons (Fsp3) is 0.833. The molecule has 2 amide bonds. The monoisotopic (exact) mass is 255 g/mol. The molecule has 6 nitrogen and oxygen atoms in total. The third kappa shape index (κ3) is 3.35. The zero-order valence-corrected chi connectivity index (χ0v) is 10.5. The van der Waals surface area contributed by atoms with Crippen LogP contribution >= 0.6 is 0 Å². The fourth-order valence-electron chi connectivity index (χ4n) is 2.61. The molecule has 1 saturated heterocycles. The molecule has 0 spiro atoms. The van der Waals surface area contributed by atoms with Gasteiger partial charge in [0.25, 0.3) is 0 Å². The van der Waals surface area contributed by atoms with Gasteiger partial charge in [0.1, 0.15) is 6.04 Å². The molecule has 1 atom stereocenters. The van der Waals surface area contributed by atoms with Crippen LogP contribution in [0.1, 0.15) is 32.1 Å². The summed E-state index contributed by atoms with van der Waals surface area (Å²) in [5.74, 6) is -0.898. The van der Waals surface area contributed by atoms with Crippen LogP contribution in [0.2, 0.25) is 0 Å². The van der Waals surface area contributed by atoms with Crippen molar-refractivity contribution in [3.8, 4) is 0 Å². The zero-order chi connectivity index (χ0) is 13.0. The van der Waals surface area contributed by atoms with Crippen LogP contribution in [0.4, 0.5) is 4.79 Å². The van der Waals surface area contributed by atoms with Crippen molar-refractivity contribution in [1.82, 2.24) is 15.5 Å². The maximum Gasteiger partial charge on any atom is 0.322 e. The highest BCUT2D eigenvalue weighted by molar-refractivity contribution is 5.78. The average molecular weight is 255 g/mol. The number of rotatable bonds is 2. The minimum atomic E-state index is -0.898. The lowest BCUT2D eigenvalue weighted by molar-refractivity contribution is -0.140. The third-order valence-corrected chi connectivity index (χ3v) is 3.69. The number of carbonyl (C=O) groups is 2. The van der Waals surface area contributed by atoms with Crippen LogP contribution in [0, 0.1) is 0 Å². The molecule has 2 aliphatic rings. The second-order valence-electron chi connectivity index (χ2n) is 5.08. The predicted octanol–water partition coefficient (Wildman–Crippen LogP) is 0.387. The third-order valence-electron chi connectivity index (χ3n) is 3.69. The molecule has 102 valence electrons. The van der Waals surface area contributed by atoms with E-state index in [0.29, 0.717) is 13.1 Å². The van der Waals surface area contributed by atoms with Crippen molar-refractivity contribution < 1.29 is 14.7 Å². The van der Waals surface area contributed by atoms with Gasteiger partial charge in [0, 0.05) is 25.7 Å². The Hall–Kier alpha value is -1.30. The normalized spacial score (nSPS) is 25.8. The molecule has 6 heteroatoms. The van der Waals surface area contributed by atoms with E-state index in [-0.39, 0.29) is 18.6 Å². The maximum absolute atomic E-state index is 12.0. The van der Waals surface area contributed by atoms with Crippen LogP contribution in [0.25, 0.3) is 0 Å². The van der Waals surface area contributed by atoms with Gasteiger partial charge in [0.2, 0.25) is 0 Å². The fourth-order valence-corrected chi connectivity index (χ4v) is 2.61. The summed E-state index contributed by atoms with van der Waals surface area (Å²) in [4.78, 5) is 24.5. The van der Waals surface area contributed by atoms with Crippen molar-refractivity contribution in [2.45, 2.75) is 44.2 Å². The van der Waals surface area contributed by atoms with Gasteiger partial charge in [0.05, 0.1) is 0 Å². The predicted molar refractivity (Wildman–Crippen MR) is 66.4 cm³/mol. The average Bonchev–Trinajstić information content (AvgIpc) is 2.40. The Labute approximate surface area is 107 Å². The highest BCUT2D eigenvalue weighted by Crippen LogP contribution is 2.17. The van der Waals surface area contributed by atoms with E-state index in [4.69, 9.17) is 5.11 Å². The van der Waals surface area contributed by atoms with Crippen LogP contribution in [-0.4, -0.2) is 53.7 Å². The summed E-state index contributed by atoms with van der Waals surface area (Å²) in [6.45, 7) is 1.35. The molecule has 0 aromatic heterocycles. The van der Waals surface area contributed by atoms with Crippen LogP contribution in [0.3, 0.4) is 0 Å². The summed E-state index contributed by atoms with van der Waals surface area (Å²) in [6, 6.07) is -0.491. The zero-order valence-electron chi connectivity index (χ0n) is 10.5. The van der Waals surface area contributed by atoms with Gasteiger partial charge in [-0.15, -0.1) is 0 Å². The molecular formula is C12H21N3O3. The van der Waals surface area contributed by atoms with Crippen molar-refractivity contribution in [1.29, 1.82) is 0 Å². The molecule has 1 aliphatic heterocycles. The smallest absolute Gasteiger partial charge is 0.322 e. The number of carboxylic acid groups (broad SMARTS) is 1. The van der Waals surface area contributed by atoms with Crippen molar-refractivity contribution in [3.05, 3.63) is 0 Å². The molecule has 0 aromatic carbocycles. The van der Waals surface area contributed by atoms with Gasteiger partial charge in [-0.1, -0.05) is 19.3 Å². The molecule has 1 heterocycles.